The molecule has 3 heterocycles. The molecule has 2 N–H and O–H groups in total. The summed E-state index contributed by atoms with van der Waals surface area (Å²) in [7, 11) is 0. The first-order chi connectivity index (χ1) is 20.6. The molecule has 0 spiro atoms. The number of aryl methyl sites for hydroxylation is 1. The molecule has 6 rings (SSSR count). The zero-order valence-electron chi connectivity index (χ0n) is 23.5. The van der Waals surface area contributed by atoms with E-state index in [1.54, 1.807) is 0 Å². The number of ether oxygens (including phenoxy) is 1. The van der Waals surface area contributed by atoms with Crippen molar-refractivity contribution in [2.75, 3.05) is 13.2 Å². The molecule has 3 aromatic heterocycles. The van der Waals surface area contributed by atoms with Gasteiger partial charge in [-0.15, -0.1) is 0 Å². The summed E-state index contributed by atoms with van der Waals surface area (Å²) in [5, 5.41) is 17.5. The highest BCUT2D eigenvalue weighted by Gasteiger charge is 2.28. The van der Waals surface area contributed by atoms with Gasteiger partial charge in [0.05, 0.1) is 25.0 Å². The lowest BCUT2D eigenvalue weighted by molar-refractivity contribution is 0.00158. The van der Waals surface area contributed by atoms with Gasteiger partial charge >= 0.3 is 5.76 Å². The van der Waals surface area contributed by atoms with Crippen LogP contribution in [0.3, 0.4) is 0 Å². The molecular formula is C31H34N6O5. The second-order valence-corrected chi connectivity index (χ2v) is 10.7. The summed E-state index contributed by atoms with van der Waals surface area (Å²) < 4.78 is 14.2. The molecule has 1 saturated carbocycles. The fraction of sp³-hybridized carbons (Fsp3) is 0.387. The van der Waals surface area contributed by atoms with Gasteiger partial charge in [-0.1, -0.05) is 67.0 Å². The zero-order valence-corrected chi connectivity index (χ0v) is 23.5. The van der Waals surface area contributed by atoms with E-state index in [0.29, 0.717) is 31.1 Å². The van der Waals surface area contributed by atoms with Crippen LogP contribution in [0.15, 0.2) is 69.0 Å². The van der Waals surface area contributed by atoms with Gasteiger partial charge in [-0.05, 0) is 48.8 Å². The average molecular weight is 571 g/mol. The molecule has 0 radical (unpaired) electrons. The molecule has 5 aromatic rings. The van der Waals surface area contributed by atoms with Gasteiger partial charge in [-0.3, -0.25) is 18.9 Å². The van der Waals surface area contributed by atoms with Gasteiger partial charge in [-0.25, -0.2) is 9.31 Å². The molecule has 42 heavy (non-hydrogen) atoms. The highest BCUT2D eigenvalue weighted by molar-refractivity contribution is 5.80. The van der Waals surface area contributed by atoms with Crippen LogP contribution >= 0.6 is 0 Å². The maximum atomic E-state index is 14.2. The first-order valence-electron chi connectivity index (χ1n) is 14.5. The van der Waals surface area contributed by atoms with Crippen LogP contribution in [0.25, 0.3) is 28.3 Å². The van der Waals surface area contributed by atoms with Gasteiger partial charge in [0.15, 0.2) is 5.82 Å². The van der Waals surface area contributed by atoms with Crippen molar-refractivity contribution in [3.8, 4) is 22.5 Å². The maximum Gasteiger partial charge on any atom is 0.439 e. The fourth-order valence-corrected chi connectivity index (χ4v) is 6.06. The van der Waals surface area contributed by atoms with Crippen molar-refractivity contribution >= 4 is 5.78 Å². The minimum Gasteiger partial charge on any atom is -0.394 e. The summed E-state index contributed by atoms with van der Waals surface area (Å²) >= 11 is 0. The van der Waals surface area contributed by atoms with Crippen molar-refractivity contribution in [2.45, 2.75) is 64.0 Å². The number of hydrogen-bond donors (Lipinski definition) is 2. The van der Waals surface area contributed by atoms with Gasteiger partial charge < -0.3 is 9.84 Å². The Bertz CT molecular complexity index is 1780. The van der Waals surface area contributed by atoms with Gasteiger partial charge in [0.2, 0.25) is 5.78 Å². The number of aliphatic hydroxyl groups excluding tert-OH is 1. The molecule has 0 aliphatic heterocycles. The van der Waals surface area contributed by atoms with E-state index in [1.807, 2.05) is 57.6 Å². The van der Waals surface area contributed by atoms with Crippen molar-refractivity contribution in [1.82, 2.24) is 29.3 Å². The predicted molar refractivity (Wildman–Crippen MR) is 156 cm³/mol. The molecule has 1 aliphatic carbocycles. The van der Waals surface area contributed by atoms with E-state index in [9.17, 15) is 9.59 Å². The van der Waals surface area contributed by atoms with E-state index in [4.69, 9.17) is 14.4 Å². The fourth-order valence-electron chi connectivity index (χ4n) is 6.06. The molecule has 0 unspecified atom stereocenters. The van der Waals surface area contributed by atoms with Crippen LogP contribution < -0.4 is 11.3 Å². The van der Waals surface area contributed by atoms with Gasteiger partial charge in [0.1, 0.15) is 6.33 Å². The third-order valence-electron chi connectivity index (χ3n) is 8.04. The number of aromatic nitrogens is 6. The van der Waals surface area contributed by atoms with Crippen molar-refractivity contribution in [2.24, 2.45) is 0 Å². The molecular weight excluding hydrogens is 536 g/mol. The summed E-state index contributed by atoms with van der Waals surface area (Å²) in [6.45, 7) is 2.45. The van der Waals surface area contributed by atoms with Crippen LogP contribution in [-0.2, 0) is 17.6 Å². The Morgan fingerprint density at radius 1 is 1.05 bits per heavy atom. The lowest BCUT2D eigenvalue weighted by atomic mass is 9.92. The average Bonchev–Trinajstić information content (AvgIpc) is 3.68. The van der Waals surface area contributed by atoms with E-state index in [1.165, 1.54) is 6.33 Å². The number of H-pyrrole nitrogens is 1. The van der Waals surface area contributed by atoms with Gasteiger partial charge in [0.25, 0.3) is 5.56 Å². The van der Waals surface area contributed by atoms with E-state index >= 15 is 0 Å². The van der Waals surface area contributed by atoms with Crippen LogP contribution in [0.2, 0.25) is 0 Å². The molecule has 0 amide bonds. The Balaban J connectivity index is 1.33. The number of nitrogens with zero attached hydrogens (tertiary/aromatic N) is 5. The molecule has 218 valence electrons. The molecule has 2 aromatic carbocycles. The molecule has 0 atom stereocenters. The monoisotopic (exact) mass is 570 g/mol. The summed E-state index contributed by atoms with van der Waals surface area (Å²) in [6, 6.07) is 15.8. The topological polar surface area (TPSA) is 141 Å². The molecule has 0 bridgehead atoms. The first-order valence-corrected chi connectivity index (χ1v) is 14.5. The summed E-state index contributed by atoms with van der Waals surface area (Å²) in [5.41, 5.74) is 5.26. The number of aliphatic hydroxyl groups is 1. The number of fused-ring (bicyclic) bond motifs is 1. The van der Waals surface area contributed by atoms with Crippen LogP contribution in [0, 0.1) is 0 Å². The minimum atomic E-state index is -0.601. The summed E-state index contributed by atoms with van der Waals surface area (Å²) in [5.74, 6) is 0.362. The molecule has 11 heteroatoms. The Labute approximate surface area is 241 Å². The highest BCUT2D eigenvalue weighted by atomic mass is 16.5. The largest absolute Gasteiger partial charge is 0.439 e. The highest BCUT2D eigenvalue weighted by Crippen LogP contribution is 2.32. The SMILES string of the molecule is CCCc1c(Cc2ccc(-c3ccccc3-c3noc(=O)[nH]3)cc2)c(=O)n([C@H]2CC[C@@H](OCCO)CC2)c2ncnn12. The van der Waals surface area contributed by atoms with Crippen molar-refractivity contribution in [3.05, 3.63) is 92.6 Å². The first kappa shape index (κ1) is 27.8. The maximum absolute atomic E-state index is 14.2. The van der Waals surface area contributed by atoms with E-state index in [0.717, 1.165) is 65.6 Å². The Hall–Kier alpha value is -4.35. The Morgan fingerprint density at radius 3 is 2.50 bits per heavy atom. The third kappa shape index (κ3) is 5.45. The number of benzene rings is 2. The Morgan fingerprint density at radius 2 is 1.81 bits per heavy atom. The third-order valence-corrected chi connectivity index (χ3v) is 8.04. The molecule has 0 saturated heterocycles. The summed E-state index contributed by atoms with van der Waals surface area (Å²) in [6.07, 6.45) is 6.95. The second-order valence-electron chi connectivity index (χ2n) is 10.7. The standard InChI is InChI=1S/C31H34N6O5/c1-2-5-27-26(29(39)36(30-32-19-33-37(27)30)22-12-14-23(15-13-22)41-17-16-38)18-20-8-10-21(11-9-20)24-6-3-4-7-25(24)28-34-31(40)42-35-28/h3-4,6-11,19,22-23,38H,2,5,12-18H2,1H3,(H,34,35,40)/t22-,23+. The van der Waals surface area contributed by atoms with Crippen molar-refractivity contribution < 1.29 is 14.4 Å². The number of aromatic amines is 1. The quantitative estimate of drug-likeness (QED) is 0.257. The lowest BCUT2D eigenvalue weighted by Gasteiger charge is -2.30. The normalized spacial score (nSPS) is 17.2. The lowest BCUT2D eigenvalue weighted by Crippen LogP contribution is -2.35. The van der Waals surface area contributed by atoms with E-state index in [-0.39, 0.29) is 24.3 Å². The predicted octanol–water partition coefficient (Wildman–Crippen LogP) is 3.94. The second kappa shape index (κ2) is 12.3. The van der Waals surface area contributed by atoms with Gasteiger partial charge in [0, 0.05) is 23.6 Å². The number of hydrogen-bond acceptors (Lipinski definition) is 8. The molecule has 1 fully saturated rings. The smallest absolute Gasteiger partial charge is 0.394 e. The Kier molecular flexibility index (Phi) is 8.11. The van der Waals surface area contributed by atoms with Crippen LogP contribution in [-0.4, -0.2) is 53.7 Å². The van der Waals surface area contributed by atoms with Crippen molar-refractivity contribution in [3.63, 3.8) is 0 Å². The minimum absolute atomic E-state index is 0.00875. The molecule has 11 nitrogen and oxygen atoms in total. The zero-order chi connectivity index (χ0) is 29.1. The number of nitrogens with one attached hydrogen (secondary N) is 1. The summed E-state index contributed by atoms with van der Waals surface area (Å²) in [4.78, 5) is 32.9. The van der Waals surface area contributed by atoms with Crippen LogP contribution in [0.4, 0.5) is 0 Å². The van der Waals surface area contributed by atoms with Gasteiger partial charge in [-0.2, -0.15) is 10.1 Å². The number of rotatable bonds is 10. The van der Waals surface area contributed by atoms with Crippen molar-refractivity contribution in [1.29, 1.82) is 0 Å². The van der Waals surface area contributed by atoms with E-state index < -0.39 is 5.76 Å². The molecule has 1 aliphatic rings. The van der Waals surface area contributed by atoms with E-state index in [2.05, 4.69) is 27.1 Å². The van der Waals surface area contributed by atoms with Crippen LogP contribution in [0.1, 0.15) is 61.9 Å². The van der Waals surface area contributed by atoms with Crippen LogP contribution in [0.5, 0.6) is 0 Å².